The first kappa shape index (κ1) is 19.8. The highest BCUT2D eigenvalue weighted by atomic mass is 19.4. The van der Waals surface area contributed by atoms with Crippen LogP contribution in [0.1, 0.15) is 37.3 Å². The van der Waals surface area contributed by atoms with E-state index in [1.165, 1.54) is 24.3 Å². The second kappa shape index (κ2) is 7.23. The van der Waals surface area contributed by atoms with Crippen molar-refractivity contribution in [2.45, 2.75) is 44.1 Å². The van der Waals surface area contributed by atoms with Gasteiger partial charge in [0, 0.05) is 25.1 Å². The van der Waals surface area contributed by atoms with Crippen LogP contribution in [0.5, 0.6) is 5.75 Å². The van der Waals surface area contributed by atoms with E-state index in [-0.39, 0.29) is 17.6 Å². The average molecular weight is 432 g/mol. The molecule has 1 N–H and O–H groups in total. The fraction of sp³-hybridized carbons (Fsp3) is 0.381. The van der Waals surface area contributed by atoms with Crippen LogP contribution in [0.25, 0.3) is 16.7 Å². The van der Waals surface area contributed by atoms with Crippen molar-refractivity contribution < 1.29 is 27.8 Å². The predicted molar refractivity (Wildman–Crippen MR) is 105 cm³/mol. The van der Waals surface area contributed by atoms with Crippen LogP contribution >= 0.6 is 0 Å². The number of pyridine rings is 1. The minimum Gasteiger partial charge on any atom is -0.406 e. The van der Waals surface area contributed by atoms with Gasteiger partial charge in [-0.15, -0.1) is 13.2 Å². The van der Waals surface area contributed by atoms with Gasteiger partial charge in [0.15, 0.2) is 5.65 Å². The summed E-state index contributed by atoms with van der Waals surface area (Å²) in [5.41, 5.74) is 2.51. The van der Waals surface area contributed by atoms with Gasteiger partial charge in [0.05, 0.1) is 22.5 Å². The number of carbonyl (C=O) groups is 1. The zero-order valence-corrected chi connectivity index (χ0v) is 16.3. The van der Waals surface area contributed by atoms with E-state index in [1.807, 2.05) is 0 Å². The molecule has 0 bridgehead atoms. The number of nitrogens with zero attached hydrogens (tertiary/aromatic N) is 4. The number of amides is 1. The predicted octanol–water partition coefficient (Wildman–Crippen LogP) is 3.68. The summed E-state index contributed by atoms with van der Waals surface area (Å²) in [5.74, 6) is -0.451. The third-order valence-corrected chi connectivity index (χ3v) is 5.85. The van der Waals surface area contributed by atoms with Crippen molar-refractivity contribution in [3.8, 4) is 11.4 Å². The average Bonchev–Trinajstić information content (AvgIpc) is 3.21. The first-order chi connectivity index (χ1) is 14.8. The van der Waals surface area contributed by atoms with E-state index in [1.54, 1.807) is 21.8 Å². The van der Waals surface area contributed by atoms with E-state index >= 15 is 0 Å². The molecule has 31 heavy (non-hydrogen) atoms. The highest BCUT2D eigenvalue weighted by molar-refractivity contribution is 6.06. The number of aliphatic hydroxyl groups is 1. The minimum atomic E-state index is -4.76. The molecular formula is C21H19F3N4O3. The molecule has 1 atom stereocenters. The van der Waals surface area contributed by atoms with Crippen molar-refractivity contribution in [3.63, 3.8) is 0 Å². The molecule has 0 unspecified atom stereocenters. The van der Waals surface area contributed by atoms with E-state index in [0.717, 1.165) is 30.3 Å². The minimum absolute atomic E-state index is 0.224. The van der Waals surface area contributed by atoms with Crippen LogP contribution in [0.3, 0.4) is 0 Å². The second-order valence-electron chi connectivity index (χ2n) is 7.79. The maximum atomic E-state index is 12.5. The molecule has 0 radical (unpaired) electrons. The third kappa shape index (κ3) is 3.50. The van der Waals surface area contributed by atoms with Gasteiger partial charge in [-0.05, 0) is 43.2 Å². The van der Waals surface area contributed by atoms with Crippen LogP contribution in [0.4, 0.5) is 18.9 Å². The van der Waals surface area contributed by atoms with Crippen LogP contribution in [-0.2, 0) is 4.79 Å². The number of halogens is 3. The van der Waals surface area contributed by atoms with Crippen molar-refractivity contribution in [3.05, 3.63) is 42.2 Å². The lowest BCUT2D eigenvalue weighted by atomic mass is 9.82. The van der Waals surface area contributed by atoms with Crippen LogP contribution in [0.2, 0.25) is 0 Å². The fourth-order valence-corrected chi connectivity index (χ4v) is 4.12. The molecule has 1 aliphatic carbocycles. The Balaban J connectivity index is 1.61. The zero-order valence-electron chi connectivity index (χ0n) is 16.3. The number of rotatable bonds is 4. The Labute approximate surface area is 175 Å². The molecule has 0 spiro atoms. The summed E-state index contributed by atoms with van der Waals surface area (Å²) in [5, 5.41) is 15.4. The van der Waals surface area contributed by atoms with Crippen LogP contribution in [-0.4, -0.2) is 44.8 Å². The van der Waals surface area contributed by atoms with Gasteiger partial charge < -0.3 is 14.7 Å². The highest BCUT2D eigenvalue weighted by Crippen LogP contribution is 2.43. The first-order valence-electron chi connectivity index (χ1n) is 10.0. The maximum absolute atomic E-state index is 12.5. The summed E-state index contributed by atoms with van der Waals surface area (Å²) >= 11 is 0. The molecule has 3 aromatic rings. The van der Waals surface area contributed by atoms with E-state index in [2.05, 4.69) is 9.72 Å². The van der Waals surface area contributed by atoms with Gasteiger partial charge in [-0.1, -0.05) is 6.42 Å². The Morgan fingerprint density at radius 1 is 1.10 bits per heavy atom. The van der Waals surface area contributed by atoms with E-state index < -0.39 is 12.5 Å². The van der Waals surface area contributed by atoms with Gasteiger partial charge in [-0.25, -0.2) is 9.67 Å². The summed E-state index contributed by atoms with van der Waals surface area (Å²) in [4.78, 5) is 18.5. The Bertz CT molecular complexity index is 1140. The van der Waals surface area contributed by atoms with Crippen LogP contribution < -0.4 is 9.64 Å². The Morgan fingerprint density at radius 3 is 2.42 bits per heavy atom. The first-order valence-corrected chi connectivity index (χ1v) is 10.0. The fourth-order valence-electron chi connectivity index (χ4n) is 4.12. The number of aromatic nitrogens is 3. The summed E-state index contributed by atoms with van der Waals surface area (Å²) in [6, 6.07) is 7.16. The summed E-state index contributed by atoms with van der Waals surface area (Å²) in [6.07, 6.45) is -0.841. The van der Waals surface area contributed by atoms with Crippen LogP contribution in [0.15, 0.2) is 36.5 Å². The quantitative estimate of drug-likeness (QED) is 0.680. The number of alkyl halides is 3. The number of fused-ring (bicyclic) bond motifs is 1. The van der Waals surface area contributed by atoms with Gasteiger partial charge in [0.2, 0.25) is 0 Å². The van der Waals surface area contributed by atoms with Gasteiger partial charge in [-0.3, -0.25) is 4.79 Å². The van der Waals surface area contributed by atoms with Gasteiger partial charge in [0.1, 0.15) is 11.9 Å². The Morgan fingerprint density at radius 2 is 1.84 bits per heavy atom. The molecule has 1 aliphatic heterocycles. The lowest BCUT2D eigenvalue weighted by Gasteiger charge is -2.25. The van der Waals surface area contributed by atoms with Crippen molar-refractivity contribution in [2.24, 2.45) is 0 Å². The van der Waals surface area contributed by atoms with Crippen molar-refractivity contribution in [1.82, 2.24) is 14.8 Å². The molecule has 2 aliphatic rings. The normalized spacial score (nSPS) is 19.8. The summed E-state index contributed by atoms with van der Waals surface area (Å²) < 4.78 is 42.9. The molecule has 2 aromatic heterocycles. The number of carbonyl (C=O) groups excluding carboxylic acids is 1. The molecule has 3 heterocycles. The van der Waals surface area contributed by atoms with Crippen molar-refractivity contribution in [1.29, 1.82) is 0 Å². The largest absolute Gasteiger partial charge is 0.573 e. The van der Waals surface area contributed by atoms with Gasteiger partial charge >= 0.3 is 6.36 Å². The van der Waals surface area contributed by atoms with Crippen LogP contribution in [0, 0.1) is 0 Å². The highest BCUT2D eigenvalue weighted by Gasteiger charge is 2.35. The smallest absolute Gasteiger partial charge is 0.406 e. The molecule has 7 nitrogen and oxygen atoms in total. The summed E-state index contributed by atoms with van der Waals surface area (Å²) in [7, 11) is 0. The number of hydrogen-bond acceptors (Lipinski definition) is 5. The zero-order chi connectivity index (χ0) is 21.8. The molecule has 2 fully saturated rings. The lowest BCUT2D eigenvalue weighted by Crippen LogP contribution is -2.29. The molecule has 162 valence electrons. The molecule has 10 heteroatoms. The molecular weight excluding hydrogens is 413 g/mol. The van der Waals surface area contributed by atoms with Crippen molar-refractivity contribution in [2.75, 3.05) is 11.4 Å². The molecule has 1 saturated heterocycles. The maximum Gasteiger partial charge on any atom is 0.573 e. The number of ether oxygens (including phenoxy) is 1. The Kier molecular flexibility index (Phi) is 4.62. The topological polar surface area (TPSA) is 80.5 Å². The lowest BCUT2D eigenvalue weighted by molar-refractivity contribution is -0.274. The van der Waals surface area contributed by atoms with Gasteiger partial charge in [0.25, 0.3) is 5.91 Å². The van der Waals surface area contributed by atoms with E-state index in [0.29, 0.717) is 30.0 Å². The molecule has 1 saturated carbocycles. The summed E-state index contributed by atoms with van der Waals surface area (Å²) in [6.45, 7) is 0.401. The molecule has 1 aromatic carbocycles. The standard InChI is InChI=1S/C21H19F3N4O3/c22-21(23,24)31-14-6-4-13(5-7-14)28-19-17(18(26-28)12-2-1-3-12)15(8-10-25-19)27-11-9-16(29)20(27)30/h4-8,10,12,16,29H,1-3,9,11H2/t16-/m1/s1. The number of hydrogen-bond donors (Lipinski definition) is 1. The van der Waals surface area contributed by atoms with E-state index in [4.69, 9.17) is 5.10 Å². The van der Waals surface area contributed by atoms with Crippen molar-refractivity contribution >= 4 is 22.6 Å². The molecule has 1 amide bonds. The number of aliphatic hydroxyl groups excluding tert-OH is 1. The van der Waals surface area contributed by atoms with E-state index in [9.17, 15) is 23.1 Å². The number of benzene rings is 1. The molecule has 5 rings (SSSR count). The van der Waals surface area contributed by atoms with Gasteiger partial charge in [-0.2, -0.15) is 5.10 Å². The third-order valence-electron chi connectivity index (χ3n) is 5.85. The monoisotopic (exact) mass is 432 g/mol. The number of anilines is 1. The Hall–Kier alpha value is -3.14. The SMILES string of the molecule is O=C1[C@H](O)CCN1c1ccnc2c1c(C1CCC1)nn2-c1ccc(OC(F)(F)F)cc1. The second-order valence-corrected chi connectivity index (χ2v) is 7.79.